The molecule has 3 aromatic carbocycles. The van der Waals surface area contributed by atoms with Gasteiger partial charge < -0.3 is 18.9 Å². The second-order valence-electron chi connectivity index (χ2n) is 13.0. The van der Waals surface area contributed by atoms with Crippen molar-refractivity contribution in [1.29, 1.82) is 0 Å². The van der Waals surface area contributed by atoms with E-state index >= 15 is 0 Å². The average Bonchev–Trinajstić information content (AvgIpc) is 3.40. The van der Waals surface area contributed by atoms with Crippen LogP contribution in [0.3, 0.4) is 0 Å². The molecule has 236 valence electrons. The first-order valence-corrected chi connectivity index (χ1v) is 16.5. The average molecular weight is 616 g/mol. The second kappa shape index (κ2) is 16.2. The Morgan fingerprint density at radius 2 is 1.55 bits per heavy atom. The lowest BCUT2D eigenvalue weighted by Gasteiger charge is -2.23. The lowest BCUT2D eigenvalue weighted by atomic mass is 9.84. The molecule has 0 bridgehead atoms. The quantitative estimate of drug-likeness (QED) is 0.118. The number of ether oxygens (including phenoxy) is 2. The lowest BCUT2D eigenvalue weighted by Crippen LogP contribution is -2.25. The Morgan fingerprint density at radius 3 is 2.18 bits per heavy atom. The fourth-order valence-electron chi connectivity index (χ4n) is 5.78. The zero-order chi connectivity index (χ0) is 31.5. The van der Waals surface area contributed by atoms with Crippen LogP contribution in [0.4, 0.5) is 0 Å². The van der Waals surface area contributed by atoms with Crippen molar-refractivity contribution >= 4 is 11.6 Å². The van der Waals surface area contributed by atoms with Gasteiger partial charge in [0.05, 0.1) is 18.9 Å². The Morgan fingerprint density at radius 1 is 0.886 bits per heavy atom. The summed E-state index contributed by atoms with van der Waals surface area (Å²) in [6.45, 7) is 18.2. The van der Waals surface area contributed by atoms with Gasteiger partial charge in [0.2, 0.25) is 0 Å². The molecule has 1 unspecified atom stereocenters. The first-order chi connectivity index (χ1) is 21.1. The molecule has 44 heavy (non-hydrogen) atoms. The Kier molecular flexibility index (Phi) is 12.3. The van der Waals surface area contributed by atoms with Gasteiger partial charge in [-0.25, -0.2) is 4.98 Å². The van der Waals surface area contributed by atoms with Gasteiger partial charge in [-0.2, -0.15) is 0 Å². The van der Waals surface area contributed by atoms with Crippen LogP contribution in [0.5, 0.6) is 11.5 Å². The van der Waals surface area contributed by atoms with E-state index in [2.05, 4.69) is 99.7 Å². The molecule has 0 saturated heterocycles. The molecule has 0 amide bonds. The Hall–Kier alpha value is -3.28. The molecular weight excluding hydrogens is 566 g/mol. The van der Waals surface area contributed by atoms with Crippen LogP contribution in [0, 0.1) is 11.3 Å². The topological polar surface area (TPSA) is 39.5 Å². The van der Waals surface area contributed by atoms with Gasteiger partial charge in [0.15, 0.2) is 0 Å². The highest BCUT2D eigenvalue weighted by Crippen LogP contribution is 2.30. The van der Waals surface area contributed by atoms with Crippen LogP contribution in [0.15, 0.2) is 79.0 Å². The number of nitrogens with zero attached hydrogens (tertiary/aromatic N) is 3. The van der Waals surface area contributed by atoms with Gasteiger partial charge in [-0.05, 0) is 103 Å². The predicted molar refractivity (Wildman–Crippen MR) is 184 cm³/mol. The fraction of sp³-hybridized carbons (Fsp3) is 0.447. The summed E-state index contributed by atoms with van der Waals surface area (Å²) in [5, 5.41) is 0.754. The summed E-state index contributed by atoms with van der Waals surface area (Å²) >= 11 is 6.12. The lowest BCUT2D eigenvalue weighted by molar-refractivity contribution is 0.249. The van der Waals surface area contributed by atoms with Gasteiger partial charge in [-0.15, -0.1) is 0 Å². The minimum absolute atomic E-state index is 0.270. The molecule has 0 radical (unpaired) electrons. The number of rotatable bonds is 16. The Labute approximate surface area is 270 Å². The summed E-state index contributed by atoms with van der Waals surface area (Å²) < 4.78 is 14.3. The molecule has 0 spiro atoms. The monoisotopic (exact) mass is 615 g/mol. The summed E-state index contributed by atoms with van der Waals surface area (Å²) in [6.07, 6.45) is 6.04. The molecule has 1 aromatic heterocycles. The van der Waals surface area contributed by atoms with E-state index in [4.69, 9.17) is 26.1 Å². The molecule has 0 N–H and O–H groups in total. The Bertz CT molecular complexity index is 1420. The van der Waals surface area contributed by atoms with E-state index in [1.165, 1.54) is 5.56 Å². The maximum Gasteiger partial charge on any atom is 0.119 e. The van der Waals surface area contributed by atoms with Crippen molar-refractivity contribution in [3.8, 4) is 28.4 Å². The first kappa shape index (κ1) is 33.6. The van der Waals surface area contributed by atoms with Crippen LogP contribution in [0.2, 0.25) is 5.02 Å². The number of benzene rings is 3. The zero-order valence-corrected chi connectivity index (χ0v) is 28.2. The van der Waals surface area contributed by atoms with Crippen LogP contribution in [0.1, 0.15) is 65.8 Å². The minimum atomic E-state index is 0.270. The summed E-state index contributed by atoms with van der Waals surface area (Å²) in [5.41, 5.74) is 4.57. The van der Waals surface area contributed by atoms with Crippen LogP contribution in [-0.4, -0.2) is 47.3 Å². The first-order valence-electron chi connectivity index (χ1n) is 16.1. The van der Waals surface area contributed by atoms with E-state index in [-0.39, 0.29) is 5.41 Å². The molecular formula is C38H50ClN3O2. The van der Waals surface area contributed by atoms with Crippen LogP contribution in [-0.2, 0) is 12.8 Å². The van der Waals surface area contributed by atoms with E-state index in [0.29, 0.717) is 12.5 Å². The summed E-state index contributed by atoms with van der Waals surface area (Å²) in [6, 6.07) is 24.6. The highest BCUT2D eigenvalue weighted by Gasteiger charge is 2.19. The largest absolute Gasteiger partial charge is 0.494 e. The highest BCUT2D eigenvalue weighted by molar-refractivity contribution is 6.30. The zero-order valence-electron chi connectivity index (χ0n) is 27.5. The molecule has 5 nitrogen and oxygen atoms in total. The van der Waals surface area contributed by atoms with E-state index in [9.17, 15) is 0 Å². The molecule has 6 heteroatoms. The molecule has 0 saturated carbocycles. The Balaban J connectivity index is 1.46. The van der Waals surface area contributed by atoms with E-state index < -0.39 is 0 Å². The number of hydrogen-bond acceptors (Lipinski definition) is 4. The predicted octanol–water partition coefficient (Wildman–Crippen LogP) is 9.54. The van der Waals surface area contributed by atoms with E-state index in [0.717, 1.165) is 91.2 Å². The highest BCUT2D eigenvalue weighted by atomic mass is 35.5. The van der Waals surface area contributed by atoms with Gasteiger partial charge in [0, 0.05) is 41.9 Å². The van der Waals surface area contributed by atoms with Crippen molar-refractivity contribution in [3.05, 3.63) is 95.4 Å². The summed E-state index contributed by atoms with van der Waals surface area (Å²) in [4.78, 5) is 7.58. The van der Waals surface area contributed by atoms with E-state index in [1.807, 2.05) is 30.3 Å². The maximum absolute atomic E-state index is 6.12. The third kappa shape index (κ3) is 10.4. The van der Waals surface area contributed by atoms with Crippen molar-refractivity contribution in [1.82, 2.24) is 14.5 Å². The van der Waals surface area contributed by atoms with Gasteiger partial charge in [0.25, 0.3) is 0 Å². The summed E-state index contributed by atoms with van der Waals surface area (Å²) in [7, 11) is 0. The third-order valence-corrected chi connectivity index (χ3v) is 8.10. The molecule has 0 fully saturated rings. The van der Waals surface area contributed by atoms with Gasteiger partial charge >= 0.3 is 0 Å². The van der Waals surface area contributed by atoms with Gasteiger partial charge in [-0.1, -0.05) is 65.3 Å². The van der Waals surface area contributed by atoms with Crippen molar-refractivity contribution in [2.24, 2.45) is 11.3 Å². The van der Waals surface area contributed by atoms with Crippen molar-refractivity contribution < 1.29 is 9.47 Å². The number of imidazole rings is 1. The van der Waals surface area contributed by atoms with Crippen molar-refractivity contribution in [3.63, 3.8) is 0 Å². The molecule has 1 atom stereocenters. The molecule has 4 aromatic rings. The van der Waals surface area contributed by atoms with Crippen LogP contribution >= 0.6 is 11.6 Å². The van der Waals surface area contributed by atoms with Gasteiger partial charge in [0.1, 0.15) is 17.3 Å². The number of halogens is 1. The third-order valence-electron chi connectivity index (χ3n) is 7.87. The maximum atomic E-state index is 6.12. The van der Waals surface area contributed by atoms with Crippen LogP contribution in [0.25, 0.3) is 16.9 Å². The van der Waals surface area contributed by atoms with Crippen LogP contribution < -0.4 is 9.47 Å². The van der Waals surface area contributed by atoms with Crippen molar-refractivity contribution in [2.75, 3.05) is 32.8 Å². The SMILES string of the molecule is CCN(CC)CCCOc1ccc(-n2cc(-c3ccc(OCCc4cccc(Cl)c4)cc3)nc2CC(C)CC(C)(C)C)cc1. The minimum Gasteiger partial charge on any atom is -0.494 e. The van der Waals surface area contributed by atoms with E-state index in [1.54, 1.807) is 0 Å². The number of hydrogen-bond donors (Lipinski definition) is 0. The molecule has 0 aliphatic rings. The molecule has 1 heterocycles. The normalized spacial score (nSPS) is 12.5. The molecule has 4 rings (SSSR count). The smallest absolute Gasteiger partial charge is 0.119 e. The van der Waals surface area contributed by atoms with Crippen molar-refractivity contribution in [2.45, 2.75) is 67.2 Å². The second-order valence-corrected chi connectivity index (χ2v) is 13.4. The number of aromatic nitrogens is 2. The summed E-state index contributed by atoms with van der Waals surface area (Å²) in [5.74, 6) is 3.34. The fourth-order valence-corrected chi connectivity index (χ4v) is 5.99. The standard InChI is InChI=1S/C38H50ClN3O2/c1-7-41(8-2)22-10-23-43-35-19-15-33(16-20-35)42-28-36(40-37(42)25-29(3)27-38(4,5)6)31-13-17-34(18-14-31)44-24-21-30-11-9-12-32(39)26-30/h9,11-20,26,28-29H,7-8,10,21-25,27H2,1-6H3. The van der Waals surface area contributed by atoms with Gasteiger partial charge in [-0.3, -0.25) is 0 Å². The molecule has 0 aliphatic heterocycles. The molecule has 0 aliphatic carbocycles.